The van der Waals surface area contributed by atoms with E-state index in [1.165, 1.54) is 19.3 Å². The Morgan fingerprint density at radius 1 is 1.13 bits per heavy atom. The van der Waals surface area contributed by atoms with Crippen molar-refractivity contribution in [2.24, 2.45) is 17.8 Å². The average molecular weight is 317 g/mol. The summed E-state index contributed by atoms with van der Waals surface area (Å²) in [5.74, 6) is 3.01. The molecule has 1 aromatic rings. The predicted octanol–water partition coefficient (Wildman–Crippen LogP) is 3.28. The van der Waals surface area contributed by atoms with E-state index in [0.717, 1.165) is 49.6 Å². The molecule has 4 nitrogen and oxygen atoms in total. The number of carboxylic acids is 1. The molecule has 2 fully saturated rings. The monoisotopic (exact) mass is 317 g/mol. The fourth-order valence-electron chi connectivity index (χ4n) is 3.91. The topological polar surface area (TPSA) is 49.8 Å². The summed E-state index contributed by atoms with van der Waals surface area (Å²) < 4.78 is 5.80. The van der Waals surface area contributed by atoms with Gasteiger partial charge >= 0.3 is 5.97 Å². The van der Waals surface area contributed by atoms with E-state index in [2.05, 4.69) is 4.90 Å². The molecular formula is C19H27NO3. The summed E-state index contributed by atoms with van der Waals surface area (Å²) in [4.78, 5) is 13.1. The Morgan fingerprint density at radius 3 is 2.57 bits per heavy atom. The molecule has 0 aromatic heterocycles. The fourth-order valence-corrected chi connectivity index (χ4v) is 3.91. The molecule has 0 aliphatic heterocycles. The zero-order valence-corrected chi connectivity index (χ0v) is 13.7. The maximum Gasteiger partial charge on any atom is 0.303 e. The van der Waals surface area contributed by atoms with Crippen molar-refractivity contribution in [2.75, 3.05) is 26.2 Å². The Labute approximate surface area is 138 Å². The van der Waals surface area contributed by atoms with Crippen LogP contribution in [0.5, 0.6) is 5.75 Å². The van der Waals surface area contributed by atoms with Gasteiger partial charge in [0, 0.05) is 19.5 Å². The molecule has 0 radical (unpaired) electrons. The number of ether oxygens (including phenoxy) is 1. The highest BCUT2D eigenvalue weighted by molar-refractivity contribution is 5.66. The van der Waals surface area contributed by atoms with Crippen LogP contribution in [0.3, 0.4) is 0 Å². The summed E-state index contributed by atoms with van der Waals surface area (Å²) in [5.41, 5.74) is 0. The van der Waals surface area contributed by atoms with E-state index in [1.54, 1.807) is 0 Å². The van der Waals surface area contributed by atoms with Crippen molar-refractivity contribution < 1.29 is 14.6 Å². The molecule has 2 aliphatic carbocycles. The smallest absolute Gasteiger partial charge is 0.303 e. The van der Waals surface area contributed by atoms with Crippen LogP contribution in [0.2, 0.25) is 0 Å². The fraction of sp³-hybridized carbons (Fsp3) is 0.632. The number of nitrogens with zero attached hydrogens (tertiary/aromatic N) is 1. The largest absolute Gasteiger partial charge is 0.492 e. The summed E-state index contributed by atoms with van der Waals surface area (Å²) in [6, 6.07) is 9.88. The number of aliphatic carboxylic acids is 1. The van der Waals surface area contributed by atoms with Gasteiger partial charge in [-0.15, -0.1) is 0 Å². The molecule has 2 atom stereocenters. The molecule has 1 N–H and O–H groups in total. The predicted molar refractivity (Wildman–Crippen MR) is 89.6 cm³/mol. The number of hydrogen-bond donors (Lipinski definition) is 1. The number of fused-ring (bicyclic) bond motifs is 1. The van der Waals surface area contributed by atoms with Crippen molar-refractivity contribution >= 4 is 5.97 Å². The second-order valence-corrected chi connectivity index (χ2v) is 7.05. The molecule has 4 heteroatoms. The first-order chi connectivity index (χ1) is 11.2. The molecule has 2 unspecified atom stereocenters. The van der Waals surface area contributed by atoms with Gasteiger partial charge in [0.2, 0.25) is 0 Å². The normalized spacial score (nSPS) is 25.3. The van der Waals surface area contributed by atoms with Gasteiger partial charge in [-0.25, -0.2) is 0 Å². The molecule has 0 bridgehead atoms. The Kier molecular flexibility index (Phi) is 5.55. The number of para-hydroxylation sites is 1. The highest BCUT2D eigenvalue weighted by Gasteiger charge is 2.45. The minimum atomic E-state index is -0.701. The Hall–Kier alpha value is -1.55. The van der Waals surface area contributed by atoms with Gasteiger partial charge in [0.25, 0.3) is 0 Å². The molecule has 126 valence electrons. The number of carbonyl (C=O) groups is 1. The molecule has 2 aliphatic rings. The molecule has 2 saturated carbocycles. The summed E-state index contributed by atoms with van der Waals surface area (Å²) in [6.45, 7) is 3.50. The van der Waals surface area contributed by atoms with Gasteiger partial charge in [-0.1, -0.05) is 18.2 Å². The molecule has 23 heavy (non-hydrogen) atoms. The zero-order chi connectivity index (χ0) is 16.1. The third-order valence-corrected chi connectivity index (χ3v) is 5.14. The SMILES string of the molecule is O=C(O)CCCN(CCOc1ccccc1)CC1CC2CC2C1. The molecule has 0 spiro atoms. The van der Waals surface area contributed by atoms with Crippen LogP contribution in [0.25, 0.3) is 0 Å². The van der Waals surface area contributed by atoms with E-state index >= 15 is 0 Å². The molecule has 0 heterocycles. The third kappa shape index (κ3) is 5.24. The first kappa shape index (κ1) is 16.3. The Morgan fingerprint density at radius 2 is 1.87 bits per heavy atom. The van der Waals surface area contributed by atoms with Gasteiger partial charge in [-0.2, -0.15) is 0 Å². The standard InChI is InChI=1S/C19H27NO3/c21-19(22)7-4-8-20(14-15-11-16-13-17(16)12-15)9-10-23-18-5-2-1-3-6-18/h1-3,5-6,15-17H,4,7-14H2,(H,21,22). The molecule has 0 amide bonds. The third-order valence-electron chi connectivity index (χ3n) is 5.14. The number of rotatable bonds is 10. The minimum absolute atomic E-state index is 0.256. The van der Waals surface area contributed by atoms with Crippen LogP contribution in [-0.4, -0.2) is 42.2 Å². The van der Waals surface area contributed by atoms with Crippen LogP contribution in [0, 0.1) is 17.8 Å². The van der Waals surface area contributed by atoms with Crippen molar-refractivity contribution in [1.29, 1.82) is 0 Å². The molecule has 0 saturated heterocycles. The second-order valence-electron chi connectivity index (χ2n) is 7.05. The lowest BCUT2D eigenvalue weighted by Crippen LogP contribution is -2.34. The van der Waals surface area contributed by atoms with Crippen LogP contribution >= 0.6 is 0 Å². The number of benzene rings is 1. The van der Waals surface area contributed by atoms with Gasteiger partial charge < -0.3 is 9.84 Å². The first-order valence-electron chi connectivity index (χ1n) is 8.82. The van der Waals surface area contributed by atoms with E-state index in [4.69, 9.17) is 9.84 Å². The van der Waals surface area contributed by atoms with E-state index in [-0.39, 0.29) is 6.42 Å². The van der Waals surface area contributed by atoms with E-state index < -0.39 is 5.97 Å². The quantitative estimate of drug-likeness (QED) is 0.719. The number of carboxylic acid groups (broad SMARTS) is 1. The zero-order valence-electron chi connectivity index (χ0n) is 13.7. The first-order valence-corrected chi connectivity index (χ1v) is 8.82. The van der Waals surface area contributed by atoms with Gasteiger partial charge in [-0.05, 0) is 62.1 Å². The van der Waals surface area contributed by atoms with Crippen molar-refractivity contribution in [3.63, 3.8) is 0 Å². The summed E-state index contributed by atoms with van der Waals surface area (Å²) in [6.07, 6.45) is 5.18. The van der Waals surface area contributed by atoms with Gasteiger partial charge in [0.15, 0.2) is 0 Å². The van der Waals surface area contributed by atoms with Gasteiger partial charge in [0.05, 0.1) is 0 Å². The van der Waals surface area contributed by atoms with Gasteiger partial charge in [-0.3, -0.25) is 9.69 Å². The summed E-state index contributed by atoms with van der Waals surface area (Å²) >= 11 is 0. The van der Waals surface area contributed by atoms with Crippen molar-refractivity contribution in [1.82, 2.24) is 4.90 Å². The lowest BCUT2D eigenvalue weighted by atomic mass is 10.0. The Bertz CT molecular complexity index is 495. The van der Waals surface area contributed by atoms with Crippen LogP contribution in [0.15, 0.2) is 30.3 Å². The number of hydrogen-bond acceptors (Lipinski definition) is 3. The maximum absolute atomic E-state index is 10.7. The highest BCUT2D eigenvalue weighted by atomic mass is 16.5. The molecule has 1 aromatic carbocycles. The van der Waals surface area contributed by atoms with Crippen molar-refractivity contribution in [3.8, 4) is 5.75 Å². The average Bonchev–Trinajstić information content (AvgIpc) is 3.14. The summed E-state index contributed by atoms with van der Waals surface area (Å²) in [7, 11) is 0. The van der Waals surface area contributed by atoms with Gasteiger partial charge in [0.1, 0.15) is 12.4 Å². The van der Waals surface area contributed by atoms with Crippen LogP contribution < -0.4 is 4.74 Å². The van der Waals surface area contributed by atoms with Crippen molar-refractivity contribution in [3.05, 3.63) is 30.3 Å². The molecule has 3 rings (SSSR count). The molecular weight excluding hydrogens is 290 g/mol. The van der Waals surface area contributed by atoms with E-state index in [0.29, 0.717) is 6.61 Å². The van der Waals surface area contributed by atoms with E-state index in [9.17, 15) is 4.79 Å². The summed E-state index contributed by atoms with van der Waals surface area (Å²) in [5, 5.41) is 8.83. The Balaban J connectivity index is 1.42. The second kappa shape index (κ2) is 7.82. The van der Waals surface area contributed by atoms with E-state index in [1.807, 2.05) is 30.3 Å². The van der Waals surface area contributed by atoms with Crippen molar-refractivity contribution in [2.45, 2.75) is 32.1 Å². The highest BCUT2D eigenvalue weighted by Crippen LogP contribution is 2.54. The van der Waals surface area contributed by atoms with Crippen LogP contribution in [0.4, 0.5) is 0 Å². The lowest BCUT2D eigenvalue weighted by molar-refractivity contribution is -0.137. The van der Waals surface area contributed by atoms with Crippen LogP contribution in [0.1, 0.15) is 32.1 Å². The lowest BCUT2D eigenvalue weighted by Gasteiger charge is -2.26. The van der Waals surface area contributed by atoms with Crippen LogP contribution in [-0.2, 0) is 4.79 Å². The minimum Gasteiger partial charge on any atom is -0.492 e. The maximum atomic E-state index is 10.7.